The van der Waals surface area contributed by atoms with Crippen LogP contribution in [0.2, 0.25) is 0 Å². The van der Waals surface area contributed by atoms with Crippen molar-refractivity contribution >= 4 is 86.0 Å². The Kier molecular flexibility index (Phi) is 9.16. The topological polar surface area (TPSA) is 265 Å². The summed E-state index contributed by atoms with van der Waals surface area (Å²) in [4.78, 5) is -1.56. The molecule has 0 atom stereocenters. The first-order valence-corrected chi connectivity index (χ1v) is 19.3. The van der Waals surface area contributed by atoms with E-state index in [1.165, 1.54) is 18.2 Å². The number of nitrogens with zero attached hydrogens (tertiary/aromatic N) is 4. The van der Waals surface area contributed by atoms with E-state index in [1.54, 1.807) is 49.4 Å². The Morgan fingerprint density at radius 2 is 1.04 bits per heavy atom. The van der Waals surface area contributed by atoms with Gasteiger partial charge < -0.3 is 11.5 Å². The van der Waals surface area contributed by atoms with E-state index < -0.39 is 45.8 Å². The Morgan fingerprint density at radius 3 is 1.58 bits per heavy atom. The maximum atomic E-state index is 12.1. The summed E-state index contributed by atoms with van der Waals surface area (Å²) in [7, 11) is -14.1. The SMILES string of the molecule is Cc1cc(-c2ccc(N=Nc3c(N)c(S(=O)(=O)O)cc4cc(S(=O)(=O)O)ccc34)c(C)c2)ccc1N=Nc1cc(S(=O)(=O)O)c2ccccc2c1N. The van der Waals surface area contributed by atoms with Crippen molar-refractivity contribution in [2.45, 2.75) is 28.5 Å². The zero-order valence-corrected chi connectivity index (χ0v) is 29.6. The van der Waals surface area contributed by atoms with Crippen molar-refractivity contribution in [1.82, 2.24) is 0 Å². The lowest BCUT2D eigenvalue weighted by Gasteiger charge is -2.11. The summed E-state index contributed by atoms with van der Waals surface area (Å²) in [6, 6.07) is 22.7. The monoisotopic (exact) mass is 760 g/mol. The molecule has 0 saturated carbocycles. The predicted octanol–water partition coefficient (Wildman–Crippen LogP) is 8.01. The number of hydrogen-bond donors (Lipinski definition) is 5. The molecule has 6 aromatic rings. The fraction of sp³-hybridized carbons (Fsp3) is 0.0588. The lowest BCUT2D eigenvalue weighted by molar-refractivity contribution is 0.481. The average Bonchev–Trinajstić information content (AvgIpc) is 3.06. The van der Waals surface area contributed by atoms with E-state index in [9.17, 15) is 38.9 Å². The molecule has 0 unspecified atom stereocenters. The number of azo groups is 2. The van der Waals surface area contributed by atoms with E-state index in [0.29, 0.717) is 22.3 Å². The highest BCUT2D eigenvalue weighted by molar-refractivity contribution is 7.86. The first-order valence-electron chi connectivity index (χ1n) is 15.0. The van der Waals surface area contributed by atoms with Gasteiger partial charge >= 0.3 is 0 Å². The number of fused-ring (bicyclic) bond motifs is 2. The van der Waals surface area contributed by atoms with E-state index in [0.717, 1.165) is 34.9 Å². The molecule has 0 spiro atoms. The van der Waals surface area contributed by atoms with Crippen LogP contribution in [0.1, 0.15) is 11.1 Å². The van der Waals surface area contributed by atoms with Crippen molar-refractivity contribution in [2.24, 2.45) is 20.5 Å². The molecule has 0 amide bonds. The molecule has 15 nitrogen and oxygen atoms in total. The van der Waals surface area contributed by atoms with Crippen LogP contribution in [0.3, 0.4) is 0 Å². The van der Waals surface area contributed by atoms with Gasteiger partial charge in [-0.3, -0.25) is 13.7 Å². The fourth-order valence-corrected chi connectivity index (χ4v) is 7.47. The van der Waals surface area contributed by atoms with Crippen molar-refractivity contribution in [3.05, 3.63) is 102 Å². The van der Waals surface area contributed by atoms with Crippen LogP contribution in [-0.2, 0) is 30.4 Å². The number of aryl methyl sites for hydroxylation is 2. The number of benzene rings is 6. The third-order valence-electron chi connectivity index (χ3n) is 8.22. The van der Waals surface area contributed by atoms with Gasteiger partial charge in [0, 0.05) is 16.2 Å². The Balaban J connectivity index is 1.31. The van der Waals surface area contributed by atoms with E-state index in [2.05, 4.69) is 20.5 Å². The van der Waals surface area contributed by atoms with Gasteiger partial charge in [0.15, 0.2) is 0 Å². The zero-order chi connectivity index (χ0) is 37.7. The van der Waals surface area contributed by atoms with Crippen LogP contribution in [0.4, 0.5) is 34.1 Å². The summed E-state index contributed by atoms with van der Waals surface area (Å²) in [5, 5.41) is 17.8. The molecule has 0 aliphatic heterocycles. The largest absolute Gasteiger partial charge is 0.396 e. The highest BCUT2D eigenvalue weighted by Gasteiger charge is 2.22. The summed E-state index contributed by atoms with van der Waals surface area (Å²) in [6.07, 6.45) is 0. The third-order valence-corrected chi connectivity index (χ3v) is 10.9. The fourth-order valence-electron chi connectivity index (χ4n) is 5.59. The summed E-state index contributed by atoms with van der Waals surface area (Å²) < 4.78 is 101. The van der Waals surface area contributed by atoms with Crippen LogP contribution in [0, 0.1) is 13.8 Å². The van der Waals surface area contributed by atoms with Gasteiger partial charge in [-0.1, -0.05) is 42.5 Å². The maximum absolute atomic E-state index is 12.1. The Labute approximate surface area is 297 Å². The van der Waals surface area contributed by atoms with Crippen LogP contribution >= 0.6 is 0 Å². The second-order valence-electron chi connectivity index (χ2n) is 11.7. The van der Waals surface area contributed by atoms with Gasteiger partial charge in [-0.2, -0.15) is 35.5 Å². The number of nitrogens with two attached hydrogens (primary N) is 2. The summed E-state index contributed by atoms with van der Waals surface area (Å²) >= 11 is 0. The standard InChI is InChI=1S/C34H28N6O9S3/c1-18-13-20(7-11-27(18)37-39-29-17-30(51(44,45)46)25-5-3-4-6-26(25)32(29)35)21-8-12-28(19(2)14-21)38-40-34-24-10-9-23(50(41,42)43)15-22(24)16-31(33(34)36)52(47,48)49/h3-17H,35-36H2,1-2H3,(H,41,42,43)(H,44,45,46)(H,47,48,49). The Bertz CT molecular complexity index is 2880. The van der Waals surface area contributed by atoms with Crippen LogP contribution in [0.5, 0.6) is 0 Å². The minimum atomic E-state index is -4.85. The van der Waals surface area contributed by atoms with Gasteiger partial charge in [-0.25, -0.2) is 0 Å². The van der Waals surface area contributed by atoms with Crippen LogP contribution in [0.25, 0.3) is 32.7 Å². The third kappa shape index (κ3) is 7.11. The molecule has 6 aromatic carbocycles. The zero-order valence-electron chi connectivity index (χ0n) is 27.1. The maximum Gasteiger partial charge on any atom is 0.296 e. The van der Waals surface area contributed by atoms with E-state index in [1.807, 2.05) is 19.1 Å². The summed E-state index contributed by atoms with van der Waals surface area (Å²) in [5.74, 6) is 0. The van der Waals surface area contributed by atoms with Crippen molar-refractivity contribution in [2.75, 3.05) is 11.5 Å². The normalized spacial score (nSPS) is 12.8. The lowest BCUT2D eigenvalue weighted by Crippen LogP contribution is -2.04. The van der Waals surface area contributed by atoms with Gasteiger partial charge in [0.1, 0.15) is 21.2 Å². The molecule has 18 heteroatoms. The van der Waals surface area contributed by atoms with Crippen molar-refractivity contribution in [3.63, 3.8) is 0 Å². The van der Waals surface area contributed by atoms with E-state index in [4.69, 9.17) is 11.5 Å². The van der Waals surface area contributed by atoms with Crippen molar-refractivity contribution in [1.29, 1.82) is 0 Å². The molecule has 0 aromatic heterocycles. The molecule has 0 heterocycles. The first-order chi connectivity index (χ1) is 24.3. The molecule has 6 rings (SSSR count). The molecule has 7 N–H and O–H groups in total. The quantitative estimate of drug-likeness (QED) is 0.0563. The van der Waals surface area contributed by atoms with Crippen molar-refractivity contribution in [3.8, 4) is 11.1 Å². The average molecular weight is 761 g/mol. The van der Waals surface area contributed by atoms with Crippen LogP contribution in [0.15, 0.2) is 126 Å². The smallest absolute Gasteiger partial charge is 0.296 e. The molecule has 0 aliphatic rings. The number of anilines is 2. The molecule has 0 radical (unpaired) electrons. The van der Waals surface area contributed by atoms with Gasteiger partial charge in [0.05, 0.1) is 27.6 Å². The highest BCUT2D eigenvalue weighted by atomic mass is 32.2. The number of rotatable bonds is 8. The molecular weight excluding hydrogens is 733 g/mol. The van der Waals surface area contributed by atoms with Crippen molar-refractivity contribution < 1.29 is 38.9 Å². The molecule has 0 bridgehead atoms. The van der Waals surface area contributed by atoms with E-state index >= 15 is 0 Å². The van der Waals surface area contributed by atoms with Crippen LogP contribution in [-0.4, -0.2) is 38.9 Å². The number of hydrogen-bond acceptors (Lipinski definition) is 12. The van der Waals surface area contributed by atoms with Gasteiger partial charge in [0.2, 0.25) is 0 Å². The summed E-state index contributed by atoms with van der Waals surface area (Å²) in [6.45, 7) is 3.59. The second-order valence-corrected chi connectivity index (χ2v) is 15.9. The molecular formula is C34H28N6O9S3. The van der Waals surface area contributed by atoms with E-state index in [-0.39, 0.29) is 38.1 Å². The molecule has 0 fully saturated rings. The molecule has 266 valence electrons. The first kappa shape index (κ1) is 36.2. The Morgan fingerprint density at radius 1 is 0.500 bits per heavy atom. The predicted molar refractivity (Wildman–Crippen MR) is 196 cm³/mol. The second kappa shape index (κ2) is 13.2. The van der Waals surface area contributed by atoms with Crippen LogP contribution < -0.4 is 11.5 Å². The number of nitrogen functional groups attached to an aromatic ring is 2. The van der Waals surface area contributed by atoms with Gasteiger partial charge in [-0.05, 0) is 90.0 Å². The Hall–Kier alpha value is -5.63. The highest BCUT2D eigenvalue weighted by Crippen LogP contribution is 2.41. The molecule has 0 aliphatic carbocycles. The summed E-state index contributed by atoms with van der Waals surface area (Å²) in [5.41, 5.74) is 16.0. The minimum absolute atomic E-state index is 0.0138. The lowest BCUT2D eigenvalue weighted by atomic mass is 10.0. The minimum Gasteiger partial charge on any atom is -0.396 e. The molecule has 52 heavy (non-hydrogen) atoms. The molecule has 0 saturated heterocycles. The van der Waals surface area contributed by atoms with Gasteiger partial charge in [0.25, 0.3) is 30.4 Å². The van der Waals surface area contributed by atoms with Gasteiger partial charge in [-0.15, -0.1) is 10.2 Å².